The first-order valence-corrected chi connectivity index (χ1v) is 8.06. The Kier molecular flexibility index (Phi) is 4.91. The van der Waals surface area contributed by atoms with Gasteiger partial charge in [0.1, 0.15) is 11.6 Å². The van der Waals surface area contributed by atoms with Gasteiger partial charge >= 0.3 is 0 Å². The van der Waals surface area contributed by atoms with E-state index in [2.05, 4.69) is 19.2 Å². The summed E-state index contributed by atoms with van der Waals surface area (Å²) in [6.07, 6.45) is 3.93. The SMILES string of the molecule is CC(C)CC1C(=O)NC(C)(C)C(=O)N1CCC1CCCO1. The lowest BCUT2D eigenvalue weighted by Crippen LogP contribution is -2.68. The standard InChI is InChI=1S/C16H28N2O3/c1-11(2)10-13-14(19)17-16(3,4)15(20)18(13)8-7-12-6-5-9-21-12/h11-13H,5-10H2,1-4H3,(H,17,19). The average Bonchev–Trinajstić information content (AvgIpc) is 2.88. The Bertz CT molecular complexity index is 400. The van der Waals surface area contributed by atoms with Crippen molar-refractivity contribution in [1.82, 2.24) is 10.2 Å². The summed E-state index contributed by atoms with van der Waals surface area (Å²) in [6, 6.07) is -0.341. The van der Waals surface area contributed by atoms with Crippen LogP contribution < -0.4 is 5.32 Å². The normalized spacial score (nSPS) is 29.1. The average molecular weight is 296 g/mol. The maximum Gasteiger partial charge on any atom is 0.248 e. The molecule has 120 valence electrons. The summed E-state index contributed by atoms with van der Waals surface area (Å²) in [7, 11) is 0. The lowest BCUT2D eigenvalue weighted by atomic mass is 9.92. The van der Waals surface area contributed by atoms with Crippen LogP contribution in [0.1, 0.15) is 53.4 Å². The lowest BCUT2D eigenvalue weighted by Gasteiger charge is -2.43. The van der Waals surface area contributed by atoms with Gasteiger partial charge in [-0.25, -0.2) is 0 Å². The Morgan fingerprint density at radius 2 is 2.10 bits per heavy atom. The van der Waals surface area contributed by atoms with E-state index in [1.165, 1.54) is 0 Å². The Labute approximate surface area is 127 Å². The number of hydrogen-bond acceptors (Lipinski definition) is 3. The van der Waals surface area contributed by atoms with E-state index < -0.39 is 5.54 Å². The van der Waals surface area contributed by atoms with Crippen LogP contribution in [-0.2, 0) is 14.3 Å². The molecule has 2 saturated heterocycles. The number of rotatable bonds is 5. The van der Waals surface area contributed by atoms with Gasteiger partial charge in [0.15, 0.2) is 0 Å². The molecule has 2 amide bonds. The monoisotopic (exact) mass is 296 g/mol. The number of carbonyl (C=O) groups is 2. The molecule has 5 nitrogen and oxygen atoms in total. The molecule has 0 bridgehead atoms. The number of nitrogens with one attached hydrogen (secondary N) is 1. The molecule has 1 N–H and O–H groups in total. The summed E-state index contributed by atoms with van der Waals surface area (Å²) in [5.41, 5.74) is -0.804. The molecule has 0 aromatic carbocycles. The number of hydrogen-bond donors (Lipinski definition) is 1. The number of ether oxygens (including phenoxy) is 1. The molecular weight excluding hydrogens is 268 g/mol. The van der Waals surface area contributed by atoms with E-state index in [1.54, 1.807) is 18.7 Å². The molecular formula is C16H28N2O3. The van der Waals surface area contributed by atoms with E-state index in [0.29, 0.717) is 18.9 Å². The van der Waals surface area contributed by atoms with Gasteiger partial charge < -0.3 is 15.0 Å². The zero-order chi connectivity index (χ0) is 15.6. The van der Waals surface area contributed by atoms with Gasteiger partial charge in [0.2, 0.25) is 11.8 Å². The molecule has 0 radical (unpaired) electrons. The van der Waals surface area contributed by atoms with E-state index in [-0.39, 0.29) is 24.0 Å². The van der Waals surface area contributed by atoms with Crippen LogP contribution in [0.25, 0.3) is 0 Å². The molecule has 2 rings (SSSR count). The zero-order valence-corrected chi connectivity index (χ0v) is 13.6. The second-order valence-corrected chi connectivity index (χ2v) is 7.18. The minimum atomic E-state index is -0.804. The second-order valence-electron chi connectivity index (χ2n) is 7.18. The number of carbonyl (C=O) groups excluding carboxylic acids is 2. The minimum Gasteiger partial charge on any atom is -0.378 e. The van der Waals surface area contributed by atoms with E-state index in [4.69, 9.17) is 4.74 Å². The van der Waals surface area contributed by atoms with Gasteiger partial charge in [-0.3, -0.25) is 9.59 Å². The Hall–Kier alpha value is -1.10. The number of piperazine rings is 1. The molecule has 21 heavy (non-hydrogen) atoms. The van der Waals surface area contributed by atoms with Crippen molar-refractivity contribution in [2.45, 2.75) is 71.1 Å². The first-order chi connectivity index (χ1) is 9.81. The molecule has 0 aromatic rings. The third-order valence-corrected chi connectivity index (χ3v) is 4.32. The van der Waals surface area contributed by atoms with Crippen molar-refractivity contribution in [3.05, 3.63) is 0 Å². The maximum absolute atomic E-state index is 12.7. The molecule has 2 heterocycles. The van der Waals surface area contributed by atoms with E-state index in [1.807, 2.05) is 0 Å². The summed E-state index contributed by atoms with van der Waals surface area (Å²) >= 11 is 0. The fourth-order valence-corrected chi connectivity index (χ4v) is 3.18. The smallest absolute Gasteiger partial charge is 0.248 e. The highest BCUT2D eigenvalue weighted by molar-refractivity contribution is 5.99. The molecule has 5 heteroatoms. The zero-order valence-electron chi connectivity index (χ0n) is 13.6. The van der Waals surface area contributed by atoms with Crippen molar-refractivity contribution in [1.29, 1.82) is 0 Å². The first-order valence-electron chi connectivity index (χ1n) is 8.06. The molecule has 0 saturated carbocycles. The van der Waals surface area contributed by atoms with Crippen molar-refractivity contribution in [2.75, 3.05) is 13.2 Å². The summed E-state index contributed by atoms with van der Waals surface area (Å²) in [5, 5.41) is 2.86. The van der Waals surface area contributed by atoms with Gasteiger partial charge in [0.25, 0.3) is 0 Å². The van der Waals surface area contributed by atoms with Crippen molar-refractivity contribution in [3.8, 4) is 0 Å². The van der Waals surface area contributed by atoms with Crippen molar-refractivity contribution < 1.29 is 14.3 Å². The number of nitrogens with zero attached hydrogens (tertiary/aromatic N) is 1. The van der Waals surface area contributed by atoms with Crippen LogP contribution in [0.4, 0.5) is 0 Å². The molecule has 0 aromatic heterocycles. The van der Waals surface area contributed by atoms with Crippen LogP contribution in [0, 0.1) is 5.92 Å². The minimum absolute atomic E-state index is 0.0192. The van der Waals surface area contributed by atoms with E-state index >= 15 is 0 Å². The van der Waals surface area contributed by atoms with Gasteiger partial charge in [-0.2, -0.15) is 0 Å². The topological polar surface area (TPSA) is 58.6 Å². The molecule has 2 aliphatic heterocycles. The summed E-state index contributed by atoms with van der Waals surface area (Å²) in [4.78, 5) is 26.8. The van der Waals surface area contributed by atoms with Gasteiger partial charge in [-0.1, -0.05) is 13.8 Å². The third kappa shape index (κ3) is 3.76. The lowest BCUT2D eigenvalue weighted by molar-refractivity contribution is -0.154. The summed E-state index contributed by atoms with van der Waals surface area (Å²) < 4.78 is 5.64. The van der Waals surface area contributed by atoms with Crippen LogP contribution in [0.15, 0.2) is 0 Å². The second kappa shape index (κ2) is 6.34. The van der Waals surface area contributed by atoms with Gasteiger partial charge in [-0.05, 0) is 45.4 Å². The maximum atomic E-state index is 12.7. The summed E-state index contributed by atoms with van der Waals surface area (Å²) in [6.45, 7) is 9.14. The Balaban J connectivity index is 2.08. The van der Waals surface area contributed by atoms with Gasteiger partial charge in [0.05, 0.1) is 6.10 Å². The van der Waals surface area contributed by atoms with Crippen LogP contribution in [-0.4, -0.2) is 47.6 Å². The highest BCUT2D eigenvalue weighted by Gasteiger charge is 2.45. The van der Waals surface area contributed by atoms with Gasteiger partial charge in [0, 0.05) is 13.2 Å². The van der Waals surface area contributed by atoms with E-state index in [0.717, 1.165) is 25.9 Å². The summed E-state index contributed by atoms with van der Waals surface area (Å²) in [5.74, 6) is 0.367. The van der Waals surface area contributed by atoms with E-state index in [9.17, 15) is 9.59 Å². The quantitative estimate of drug-likeness (QED) is 0.840. The highest BCUT2D eigenvalue weighted by Crippen LogP contribution is 2.24. The third-order valence-electron chi connectivity index (χ3n) is 4.32. The van der Waals surface area contributed by atoms with Crippen molar-refractivity contribution in [3.63, 3.8) is 0 Å². The molecule has 0 spiro atoms. The Morgan fingerprint density at radius 3 is 2.67 bits per heavy atom. The molecule has 0 aliphatic carbocycles. The van der Waals surface area contributed by atoms with Crippen molar-refractivity contribution in [2.24, 2.45) is 5.92 Å². The fraction of sp³-hybridized carbons (Fsp3) is 0.875. The first kappa shape index (κ1) is 16.3. The highest BCUT2D eigenvalue weighted by atomic mass is 16.5. The van der Waals surface area contributed by atoms with Crippen molar-refractivity contribution >= 4 is 11.8 Å². The molecule has 2 aliphatic rings. The van der Waals surface area contributed by atoms with Crippen LogP contribution >= 0.6 is 0 Å². The fourth-order valence-electron chi connectivity index (χ4n) is 3.18. The van der Waals surface area contributed by atoms with Crippen LogP contribution in [0.3, 0.4) is 0 Å². The molecule has 2 unspecified atom stereocenters. The molecule has 2 atom stereocenters. The van der Waals surface area contributed by atoms with Crippen LogP contribution in [0.5, 0.6) is 0 Å². The largest absolute Gasteiger partial charge is 0.378 e. The predicted octanol–water partition coefficient (Wildman–Crippen LogP) is 1.71. The van der Waals surface area contributed by atoms with Gasteiger partial charge in [-0.15, -0.1) is 0 Å². The van der Waals surface area contributed by atoms with Crippen LogP contribution in [0.2, 0.25) is 0 Å². The molecule has 2 fully saturated rings. The number of amides is 2. The Morgan fingerprint density at radius 1 is 1.38 bits per heavy atom. The predicted molar refractivity (Wildman–Crippen MR) is 80.8 cm³/mol.